The van der Waals surface area contributed by atoms with Gasteiger partial charge in [-0.15, -0.1) is 11.3 Å². The van der Waals surface area contributed by atoms with Crippen LogP contribution >= 0.6 is 11.3 Å². The molecule has 8 nitrogen and oxygen atoms in total. The van der Waals surface area contributed by atoms with Crippen LogP contribution in [0.25, 0.3) is 16.8 Å². The van der Waals surface area contributed by atoms with Crippen molar-refractivity contribution in [3.63, 3.8) is 0 Å². The smallest absolute Gasteiger partial charge is 0.475 e. The number of aromatic nitrogens is 4. The van der Waals surface area contributed by atoms with Crippen LogP contribution in [-0.4, -0.2) is 60.7 Å². The molecule has 0 radical (unpaired) electrons. The second kappa shape index (κ2) is 10.2. The van der Waals surface area contributed by atoms with Gasteiger partial charge in [-0.25, -0.2) is 14.3 Å². The van der Waals surface area contributed by atoms with Crippen LogP contribution in [0.4, 0.5) is 13.2 Å². The maximum atomic E-state index is 12.7. The number of carbonyl (C=O) groups excluding carboxylic acids is 1. The van der Waals surface area contributed by atoms with E-state index in [9.17, 15) is 18.0 Å². The highest BCUT2D eigenvalue weighted by atomic mass is 32.1. The van der Waals surface area contributed by atoms with Crippen LogP contribution in [0.5, 0.6) is 0 Å². The molecule has 12 heteroatoms. The number of hydrogen-bond acceptors (Lipinski definition) is 6. The van der Waals surface area contributed by atoms with Crippen LogP contribution in [0.15, 0.2) is 60.4 Å². The number of piperidine rings is 1. The lowest BCUT2D eigenvalue weighted by molar-refractivity contribution is -0.192. The Labute approximate surface area is 201 Å². The fourth-order valence-corrected chi connectivity index (χ4v) is 4.41. The molecule has 0 spiro atoms. The van der Waals surface area contributed by atoms with Gasteiger partial charge in [0.25, 0.3) is 5.91 Å². The van der Waals surface area contributed by atoms with Gasteiger partial charge in [0, 0.05) is 43.2 Å². The molecule has 5 heterocycles. The highest BCUT2D eigenvalue weighted by Gasteiger charge is 2.38. The van der Waals surface area contributed by atoms with Crippen molar-refractivity contribution in [2.75, 3.05) is 13.1 Å². The van der Waals surface area contributed by atoms with Crippen LogP contribution in [0.1, 0.15) is 34.3 Å². The van der Waals surface area contributed by atoms with Gasteiger partial charge in [0.05, 0.1) is 4.88 Å². The summed E-state index contributed by atoms with van der Waals surface area (Å²) in [4.78, 5) is 33.1. The van der Waals surface area contributed by atoms with Crippen molar-refractivity contribution >= 4 is 28.9 Å². The molecule has 0 bridgehead atoms. The zero-order valence-corrected chi connectivity index (χ0v) is 19.0. The first kappa shape index (κ1) is 24.3. The lowest BCUT2D eigenvalue weighted by atomic mass is 9.97. The summed E-state index contributed by atoms with van der Waals surface area (Å²) >= 11 is 1.49. The number of carboxylic acids is 1. The fraction of sp³-hybridized carbons (Fsp3) is 0.261. The van der Waals surface area contributed by atoms with Crippen LogP contribution in [0.2, 0.25) is 0 Å². The molecule has 1 atom stereocenters. The maximum absolute atomic E-state index is 12.7. The minimum Gasteiger partial charge on any atom is -0.475 e. The number of fused-ring (bicyclic) bond motifs is 1. The average molecular weight is 504 g/mol. The Hall–Kier alpha value is -3.80. The van der Waals surface area contributed by atoms with E-state index in [1.807, 2.05) is 51.3 Å². The second-order valence-corrected chi connectivity index (χ2v) is 8.74. The average Bonchev–Trinajstić information content (AvgIpc) is 3.54. The topological polar surface area (TPSA) is 101 Å². The summed E-state index contributed by atoms with van der Waals surface area (Å²) in [5.74, 6) is -1.66. The molecule has 4 aromatic rings. The quantitative estimate of drug-likeness (QED) is 0.442. The Balaban J connectivity index is 0.000000364. The van der Waals surface area contributed by atoms with Gasteiger partial charge in [0.15, 0.2) is 11.5 Å². The predicted octanol–water partition coefficient (Wildman–Crippen LogP) is 4.51. The van der Waals surface area contributed by atoms with Gasteiger partial charge in [0.2, 0.25) is 0 Å². The summed E-state index contributed by atoms with van der Waals surface area (Å²) < 4.78 is 33.6. The van der Waals surface area contributed by atoms with E-state index in [1.165, 1.54) is 11.3 Å². The molecule has 1 unspecified atom stereocenters. The van der Waals surface area contributed by atoms with E-state index < -0.39 is 12.1 Å². The first-order chi connectivity index (χ1) is 16.7. The number of likely N-dealkylation sites (tertiary alicyclic amines) is 1. The molecule has 35 heavy (non-hydrogen) atoms. The monoisotopic (exact) mass is 503 g/mol. The summed E-state index contributed by atoms with van der Waals surface area (Å²) in [5, 5.41) is 13.8. The SMILES string of the molecule is O=C(O)C(F)(F)F.O=C(c1cccs1)N1CCCC(c2nc3ccc(-c4ccncc4)cn3n2)C1. The summed E-state index contributed by atoms with van der Waals surface area (Å²) in [6.45, 7) is 1.47. The third-order valence-electron chi connectivity index (χ3n) is 5.41. The number of rotatable bonds is 3. The normalized spacial score (nSPS) is 16.0. The van der Waals surface area contributed by atoms with Gasteiger partial charge in [0.1, 0.15) is 0 Å². The van der Waals surface area contributed by atoms with Crippen molar-refractivity contribution in [3.8, 4) is 11.1 Å². The highest BCUT2D eigenvalue weighted by Crippen LogP contribution is 2.27. The zero-order valence-electron chi connectivity index (χ0n) is 18.2. The standard InChI is InChI=1S/C21H19N5OS.C2HF3O2/c27-21(18-4-2-12-28-18)25-11-1-3-17(13-25)20-23-19-6-5-16(14-26(19)24-20)15-7-9-22-10-8-15;3-2(4,5)1(6)7/h2,4-10,12,14,17H,1,3,11,13H2;(H,6,7). The Morgan fingerprint density at radius 1 is 1.09 bits per heavy atom. The Morgan fingerprint density at radius 2 is 1.83 bits per heavy atom. The highest BCUT2D eigenvalue weighted by molar-refractivity contribution is 7.12. The molecule has 1 aliphatic rings. The van der Waals surface area contributed by atoms with Crippen molar-refractivity contribution in [3.05, 3.63) is 71.1 Å². The summed E-state index contributed by atoms with van der Waals surface area (Å²) in [5.41, 5.74) is 3.00. The van der Waals surface area contributed by atoms with Gasteiger partial charge in [-0.05, 0) is 54.1 Å². The van der Waals surface area contributed by atoms with E-state index in [1.54, 1.807) is 12.4 Å². The molecular formula is C23H20F3N5O3S. The predicted molar refractivity (Wildman–Crippen MR) is 122 cm³/mol. The Kier molecular flexibility index (Phi) is 7.10. The minimum absolute atomic E-state index is 0.114. The molecule has 1 fully saturated rings. The maximum Gasteiger partial charge on any atom is 0.490 e. The lowest BCUT2D eigenvalue weighted by Gasteiger charge is -2.31. The van der Waals surface area contributed by atoms with Crippen molar-refractivity contribution in [1.29, 1.82) is 0 Å². The van der Waals surface area contributed by atoms with Gasteiger partial charge < -0.3 is 10.0 Å². The number of thiophene rings is 1. The van der Waals surface area contributed by atoms with Crippen molar-refractivity contribution in [2.45, 2.75) is 24.9 Å². The van der Waals surface area contributed by atoms with Gasteiger partial charge in [-0.3, -0.25) is 9.78 Å². The molecule has 5 rings (SSSR count). The van der Waals surface area contributed by atoms with Crippen LogP contribution < -0.4 is 0 Å². The van der Waals surface area contributed by atoms with Crippen molar-refractivity contribution < 1.29 is 27.9 Å². The molecule has 182 valence electrons. The molecule has 4 aromatic heterocycles. The summed E-state index contributed by atoms with van der Waals surface area (Å²) in [6.07, 6.45) is 2.46. The molecule has 0 aliphatic carbocycles. The number of pyridine rings is 2. The third-order valence-corrected chi connectivity index (χ3v) is 6.27. The Morgan fingerprint density at radius 3 is 2.49 bits per heavy atom. The van der Waals surface area contributed by atoms with Gasteiger partial charge >= 0.3 is 12.1 Å². The molecular weight excluding hydrogens is 483 g/mol. The van der Waals surface area contributed by atoms with Crippen LogP contribution in [0, 0.1) is 0 Å². The van der Waals surface area contributed by atoms with E-state index >= 15 is 0 Å². The molecule has 1 N–H and O–H groups in total. The second-order valence-electron chi connectivity index (χ2n) is 7.80. The number of alkyl halides is 3. The summed E-state index contributed by atoms with van der Waals surface area (Å²) in [7, 11) is 0. The van der Waals surface area contributed by atoms with Gasteiger partial charge in [-0.2, -0.15) is 18.3 Å². The van der Waals surface area contributed by atoms with E-state index in [2.05, 4.69) is 11.1 Å². The number of halogens is 3. The fourth-order valence-electron chi connectivity index (χ4n) is 3.72. The summed E-state index contributed by atoms with van der Waals surface area (Å²) in [6, 6.07) is 11.8. The van der Waals surface area contributed by atoms with Crippen molar-refractivity contribution in [2.24, 2.45) is 0 Å². The first-order valence-corrected chi connectivity index (χ1v) is 11.5. The number of amides is 1. The largest absolute Gasteiger partial charge is 0.490 e. The van der Waals surface area contributed by atoms with E-state index in [-0.39, 0.29) is 11.8 Å². The van der Waals surface area contributed by atoms with E-state index in [0.29, 0.717) is 6.54 Å². The third kappa shape index (κ3) is 5.83. The molecule has 1 saturated heterocycles. The van der Waals surface area contributed by atoms with Gasteiger partial charge in [-0.1, -0.05) is 6.07 Å². The number of hydrogen-bond donors (Lipinski definition) is 1. The first-order valence-electron chi connectivity index (χ1n) is 10.6. The number of nitrogens with zero attached hydrogens (tertiary/aromatic N) is 5. The number of aliphatic carboxylic acids is 1. The van der Waals surface area contributed by atoms with Crippen LogP contribution in [-0.2, 0) is 4.79 Å². The van der Waals surface area contributed by atoms with E-state index in [0.717, 1.165) is 46.9 Å². The molecule has 1 aliphatic heterocycles. The van der Waals surface area contributed by atoms with E-state index in [4.69, 9.17) is 20.0 Å². The molecule has 1 amide bonds. The van der Waals surface area contributed by atoms with Crippen LogP contribution in [0.3, 0.4) is 0 Å². The number of carbonyl (C=O) groups is 2. The zero-order chi connectivity index (χ0) is 25.0. The molecule has 0 aromatic carbocycles. The number of carboxylic acid groups (broad SMARTS) is 1. The lowest BCUT2D eigenvalue weighted by Crippen LogP contribution is -2.39. The van der Waals surface area contributed by atoms with Crippen molar-refractivity contribution in [1.82, 2.24) is 24.5 Å². The molecule has 0 saturated carbocycles. The minimum atomic E-state index is -5.08. The Bertz CT molecular complexity index is 1310.